The molecule has 152 valence electrons. The highest BCUT2D eigenvalue weighted by molar-refractivity contribution is 5.73. The second-order valence-electron chi connectivity index (χ2n) is 8.77. The number of hydrogen-bond acceptors (Lipinski definition) is 3. The number of rotatable bonds is 6. The summed E-state index contributed by atoms with van der Waals surface area (Å²) >= 11 is 0. The number of anilines is 1. The van der Waals surface area contributed by atoms with Crippen molar-refractivity contribution >= 4 is 16.7 Å². The number of aryl methyl sites for hydroxylation is 1. The van der Waals surface area contributed by atoms with Gasteiger partial charge >= 0.3 is 0 Å². The monoisotopic (exact) mass is 388 g/mol. The van der Waals surface area contributed by atoms with Gasteiger partial charge in [-0.1, -0.05) is 63.4 Å². The number of para-hydroxylation sites is 1. The molecular formula is C25H32N4. The molecule has 29 heavy (non-hydrogen) atoms. The lowest BCUT2D eigenvalue weighted by Crippen LogP contribution is -2.51. The first-order chi connectivity index (χ1) is 14.3. The van der Waals surface area contributed by atoms with Crippen LogP contribution in [0.25, 0.3) is 11.0 Å². The summed E-state index contributed by atoms with van der Waals surface area (Å²) in [4.78, 5) is 4.83. The SMILES string of the molecule is CCCC[C@H]1[C@H](CCC)[C@@H](n2nc3ccccc3n2)c2cccc3c2N1CCC3. The van der Waals surface area contributed by atoms with E-state index in [0.29, 0.717) is 12.0 Å². The van der Waals surface area contributed by atoms with Crippen LogP contribution in [0.1, 0.15) is 69.5 Å². The molecule has 0 N–H and O–H groups in total. The van der Waals surface area contributed by atoms with Gasteiger partial charge in [0.1, 0.15) is 17.1 Å². The van der Waals surface area contributed by atoms with Crippen molar-refractivity contribution in [2.75, 3.05) is 11.4 Å². The van der Waals surface area contributed by atoms with Crippen molar-refractivity contribution in [3.05, 3.63) is 53.6 Å². The fraction of sp³-hybridized carbons (Fsp3) is 0.520. The second-order valence-corrected chi connectivity index (χ2v) is 8.77. The second kappa shape index (κ2) is 7.81. The Hall–Kier alpha value is -2.36. The fourth-order valence-corrected chi connectivity index (χ4v) is 5.72. The molecule has 0 saturated carbocycles. The maximum Gasteiger partial charge on any atom is 0.113 e. The molecule has 4 heteroatoms. The Balaban J connectivity index is 1.69. The van der Waals surface area contributed by atoms with Gasteiger partial charge in [-0.15, -0.1) is 0 Å². The highest BCUT2D eigenvalue weighted by Gasteiger charge is 2.43. The summed E-state index contributed by atoms with van der Waals surface area (Å²) in [6.45, 7) is 5.83. The number of nitrogens with zero attached hydrogens (tertiary/aromatic N) is 4. The number of fused-ring (bicyclic) bond motifs is 1. The molecule has 4 nitrogen and oxygen atoms in total. The van der Waals surface area contributed by atoms with Crippen molar-refractivity contribution in [2.24, 2.45) is 5.92 Å². The lowest BCUT2D eigenvalue weighted by atomic mass is 9.75. The van der Waals surface area contributed by atoms with E-state index in [4.69, 9.17) is 10.2 Å². The highest BCUT2D eigenvalue weighted by Crippen LogP contribution is 2.48. The van der Waals surface area contributed by atoms with Crippen LogP contribution in [-0.2, 0) is 6.42 Å². The minimum Gasteiger partial charge on any atom is -0.368 e. The van der Waals surface area contributed by atoms with Gasteiger partial charge in [0.2, 0.25) is 0 Å². The summed E-state index contributed by atoms with van der Waals surface area (Å²) in [5.74, 6) is 0.550. The van der Waals surface area contributed by atoms with Gasteiger partial charge in [0, 0.05) is 29.8 Å². The number of hydrogen-bond donors (Lipinski definition) is 0. The Labute approximate surface area is 173 Å². The first kappa shape index (κ1) is 18.7. The first-order valence-electron chi connectivity index (χ1n) is 11.5. The minimum absolute atomic E-state index is 0.230. The Morgan fingerprint density at radius 2 is 1.72 bits per heavy atom. The van der Waals surface area contributed by atoms with E-state index in [1.165, 1.54) is 68.3 Å². The van der Waals surface area contributed by atoms with Crippen LogP contribution in [0.5, 0.6) is 0 Å². The summed E-state index contributed by atoms with van der Waals surface area (Å²) in [6.07, 6.45) is 8.70. The topological polar surface area (TPSA) is 34.0 Å². The fourth-order valence-electron chi connectivity index (χ4n) is 5.72. The molecule has 3 heterocycles. The molecule has 1 aromatic heterocycles. The quantitative estimate of drug-likeness (QED) is 0.538. The zero-order chi connectivity index (χ0) is 19.8. The molecule has 2 aliphatic heterocycles. The summed E-state index contributed by atoms with van der Waals surface area (Å²) < 4.78 is 0. The summed E-state index contributed by atoms with van der Waals surface area (Å²) in [6, 6.07) is 16.0. The van der Waals surface area contributed by atoms with E-state index in [2.05, 4.69) is 66.0 Å². The van der Waals surface area contributed by atoms with Crippen LogP contribution in [0, 0.1) is 5.92 Å². The van der Waals surface area contributed by atoms with Crippen LogP contribution in [0.4, 0.5) is 5.69 Å². The Bertz CT molecular complexity index is 958. The van der Waals surface area contributed by atoms with Crippen molar-refractivity contribution in [1.82, 2.24) is 15.0 Å². The average Bonchev–Trinajstić information content (AvgIpc) is 3.18. The van der Waals surface area contributed by atoms with E-state index in [1.807, 2.05) is 0 Å². The summed E-state index contributed by atoms with van der Waals surface area (Å²) in [5, 5.41) is 9.94. The molecule has 0 bridgehead atoms. The lowest BCUT2D eigenvalue weighted by molar-refractivity contribution is 0.226. The van der Waals surface area contributed by atoms with E-state index < -0.39 is 0 Å². The molecule has 0 radical (unpaired) electrons. The van der Waals surface area contributed by atoms with Gasteiger partial charge in [-0.3, -0.25) is 0 Å². The van der Waals surface area contributed by atoms with Crippen LogP contribution < -0.4 is 4.90 Å². The molecular weight excluding hydrogens is 356 g/mol. The van der Waals surface area contributed by atoms with Crippen LogP contribution in [0.15, 0.2) is 42.5 Å². The molecule has 0 spiro atoms. The van der Waals surface area contributed by atoms with E-state index in [1.54, 1.807) is 0 Å². The molecule has 2 aromatic carbocycles. The zero-order valence-corrected chi connectivity index (χ0v) is 17.7. The van der Waals surface area contributed by atoms with E-state index in [0.717, 1.165) is 11.0 Å². The zero-order valence-electron chi connectivity index (χ0n) is 17.7. The molecule has 0 fully saturated rings. The van der Waals surface area contributed by atoms with Gasteiger partial charge in [-0.05, 0) is 43.4 Å². The molecule has 0 amide bonds. The predicted molar refractivity (Wildman–Crippen MR) is 119 cm³/mol. The standard InChI is InChI=1S/C25H32N4/c1-3-5-16-23-19(10-4-2)25(29-26-21-14-6-7-15-22(21)27-29)20-13-8-11-18-12-9-17-28(23)24(18)20/h6-8,11,13-15,19,23,25H,3-5,9-10,12,16-17H2,1-2H3/t19-,23-,25+/m0/s1. The third-order valence-electron chi connectivity index (χ3n) is 6.93. The van der Waals surface area contributed by atoms with Crippen LogP contribution in [0.3, 0.4) is 0 Å². The van der Waals surface area contributed by atoms with Crippen LogP contribution in [-0.4, -0.2) is 27.6 Å². The molecule has 3 aromatic rings. The molecule has 5 rings (SSSR count). The van der Waals surface area contributed by atoms with Gasteiger partial charge in [0.05, 0.1) is 0 Å². The lowest BCUT2D eigenvalue weighted by Gasteiger charge is -2.50. The maximum atomic E-state index is 4.97. The Morgan fingerprint density at radius 1 is 0.931 bits per heavy atom. The van der Waals surface area contributed by atoms with Gasteiger partial charge < -0.3 is 4.90 Å². The smallest absolute Gasteiger partial charge is 0.113 e. The van der Waals surface area contributed by atoms with Gasteiger partial charge in [0.15, 0.2) is 0 Å². The first-order valence-corrected chi connectivity index (χ1v) is 11.5. The average molecular weight is 389 g/mol. The molecule has 0 aliphatic carbocycles. The molecule has 0 unspecified atom stereocenters. The minimum atomic E-state index is 0.230. The number of aromatic nitrogens is 3. The third-order valence-corrected chi connectivity index (χ3v) is 6.93. The Kier molecular flexibility index (Phi) is 5.03. The largest absolute Gasteiger partial charge is 0.368 e. The van der Waals surface area contributed by atoms with Gasteiger partial charge in [-0.25, -0.2) is 0 Å². The van der Waals surface area contributed by atoms with Crippen molar-refractivity contribution < 1.29 is 0 Å². The third kappa shape index (κ3) is 3.13. The normalized spacial score (nSPS) is 23.4. The van der Waals surface area contributed by atoms with E-state index >= 15 is 0 Å². The van der Waals surface area contributed by atoms with Gasteiger partial charge in [0.25, 0.3) is 0 Å². The number of benzene rings is 2. The highest BCUT2D eigenvalue weighted by atomic mass is 15.5. The van der Waals surface area contributed by atoms with Crippen molar-refractivity contribution in [3.63, 3.8) is 0 Å². The predicted octanol–water partition coefficient (Wildman–Crippen LogP) is 5.76. The van der Waals surface area contributed by atoms with Crippen molar-refractivity contribution in [2.45, 2.75) is 70.9 Å². The summed E-state index contributed by atoms with van der Waals surface area (Å²) in [5.41, 5.74) is 6.46. The van der Waals surface area contributed by atoms with Gasteiger partial charge in [-0.2, -0.15) is 15.0 Å². The maximum absolute atomic E-state index is 4.97. The van der Waals surface area contributed by atoms with E-state index in [-0.39, 0.29) is 6.04 Å². The van der Waals surface area contributed by atoms with Crippen molar-refractivity contribution in [1.29, 1.82) is 0 Å². The Morgan fingerprint density at radius 3 is 2.45 bits per heavy atom. The van der Waals surface area contributed by atoms with Crippen LogP contribution >= 0.6 is 0 Å². The molecule has 3 atom stereocenters. The molecule has 2 aliphatic rings. The molecule has 0 saturated heterocycles. The number of unbranched alkanes of at least 4 members (excludes halogenated alkanes) is 1. The van der Waals surface area contributed by atoms with Crippen LogP contribution in [0.2, 0.25) is 0 Å². The van der Waals surface area contributed by atoms with Crippen molar-refractivity contribution in [3.8, 4) is 0 Å². The van der Waals surface area contributed by atoms with E-state index in [9.17, 15) is 0 Å². The summed E-state index contributed by atoms with van der Waals surface area (Å²) in [7, 11) is 0.